The van der Waals surface area contributed by atoms with Crippen molar-refractivity contribution in [3.63, 3.8) is 0 Å². The van der Waals surface area contributed by atoms with Gasteiger partial charge in [-0.1, -0.05) is 23.2 Å². The molecule has 2 aromatic rings. The first-order chi connectivity index (χ1) is 9.86. The Balaban J connectivity index is 2.72. The zero-order valence-corrected chi connectivity index (χ0v) is 12.8. The third-order valence-corrected chi connectivity index (χ3v) is 4.27. The van der Waals surface area contributed by atoms with Gasteiger partial charge in [-0.05, 0) is 17.1 Å². The number of aromatic nitrogens is 1. The summed E-state index contributed by atoms with van der Waals surface area (Å²) < 4.78 is 11.5. The first kappa shape index (κ1) is 15.5. The molecule has 0 aliphatic heterocycles. The summed E-state index contributed by atoms with van der Waals surface area (Å²) in [6.45, 7) is 0. The van der Waals surface area contributed by atoms with Crippen LogP contribution in [0.25, 0.3) is 11.1 Å². The van der Waals surface area contributed by atoms with Crippen LogP contribution in [0.15, 0.2) is 23.2 Å². The van der Waals surface area contributed by atoms with Crippen molar-refractivity contribution in [3.8, 4) is 17.2 Å². The zero-order chi connectivity index (χ0) is 15.7. The second-order valence-corrected chi connectivity index (χ2v) is 6.20. The number of benzene rings is 1. The summed E-state index contributed by atoms with van der Waals surface area (Å²) in [6.07, 6.45) is 2.77. The summed E-state index contributed by atoms with van der Waals surface area (Å²) >= 11 is 12.2. The Hall–Kier alpha value is -1.88. The quantitative estimate of drug-likeness (QED) is 0.680. The molecule has 1 aromatic carbocycles. The van der Waals surface area contributed by atoms with E-state index in [1.54, 1.807) is 6.07 Å². The molecule has 0 saturated carbocycles. The minimum Gasteiger partial charge on any atom is -0.358 e. The standard InChI is InChI=1S/C12H7Cl2N3O3S/c1-21(20)6-2-9(13)11(10(14)3-6)8-5-16-12(17(18)19)7(8)4-15/h2-3,5,16H,1H3. The maximum Gasteiger partial charge on any atom is 0.339 e. The second-order valence-electron chi connectivity index (χ2n) is 4.01. The molecule has 21 heavy (non-hydrogen) atoms. The Bertz CT molecular complexity index is 788. The van der Waals surface area contributed by atoms with Crippen LogP contribution in [-0.4, -0.2) is 20.4 Å². The Morgan fingerprint density at radius 1 is 1.38 bits per heavy atom. The van der Waals surface area contributed by atoms with Crippen molar-refractivity contribution in [3.05, 3.63) is 44.1 Å². The number of aromatic amines is 1. The fraction of sp³-hybridized carbons (Fsp3) is 0.0833. The average molecular weight is 344 g/mol. The highest BCUT2D eigenvalue weighted by atomic mass is 35.5. The number of nitrogens with zero attached hydrogens (tertiary/aromatic N) is 2. The number of nitriles is 1. The summed E-state index contributed by atoms with van der Waals surface area (Å²) in [5.74, 6) is -0.428. The van der Waals surface area contributed by atoms with E-state index in [4.69, 9.17) is 28.5 Å². The summed E-state index contributed by atoms with van der Waals surface area (Å²) in [6, 6.07) is 4.68. The van der Waals surface area contributed by atoms with Crippen LogP contribution in [0, 0.1) is 21.4 Å². The van der Waals surface area contributed by atoms with Gasteiger partial charge in [0, 0.05) is 27.5 Å². The third-order valence-electron chi connectivity index (χ3n) is 2.77. The van der Waals surface area contributed by atoms with Crippen LogP contribution in [0.4, 0.5) is 5.82 Å². The van der Waals surface area contributed by atoms with Gasteiger partial charge < -0.3 is 10.1 Å². The highest BCUT2D eigenvalue weighted by Crippen LogP contribution is 2.40. The fourth-order valence-electron chi connectivity index (χ4n) is 1.84. The number of rotatable bonds is 3. The number of hydrogen-bond donors (Lipinski definition) is 1. The highest BCUT2D eigenvalue weighted by Gasteiger charge is 2.24. The van der Waals surface area contributed by atoms with Crippen LogP contribution in [0.3, 0.4) is 0 Å². The number of nitrogens with one attached hydrogen (secondary N) is 1. The molecule has 1 N–H and O–H groups in total. The van der Waals surface area contributed by atoms with Gasteiger partial charge in [0.25, 0.3) is 0 Å². The van der Waals surface area contributed by atoms with Gasteiger partial charge in [0.15, 0.2) is 5.56 Å². The van der Waals surface area contributed by atoms with E-state index in [1.807, 2.05) is 0 Å². The Kier molecular flexibility index (Phi) is 4.32. The molecule has 0 amide bonds. The molecule has 108 valence electrons. The summed E-state index contributed by atoms with van der Waals surface area (Å²) in [5, 5.41) is 20.3. The van der Waals surface area contributed by atoms with Gasteiger partial charge >= 0.3 is 5.82 Å². The van der Waals surface area contributed by atoms with Crippen molar-refractivity contribution < 1.29 is 9.13 Å². The van der Waals surface area contributed by atoms with Crippen molar-refractivity contribution in [1.29, 1.82) is 5.26 Å². The van der Waals surface area contributed by atoms with Crippen LogP contribution in [0.2, 0.25) is 10.0 Å². The maximum atomic E-state index is 11.5. The fourth-order valence-corrected chi connectivity index (χ4v) is 3.23. The first-order valence-electron chi connectivity index (χ1n) is 5.45. The zero-order valence-electron chi connectivity index (χ0n) is 10.5. The summed E-state index contributed by atoms with van der Waals surface area (Å²) in [5.41, 5.74) is 0.357. The number of halogens is 2. The molecule has 2 rings (SSSR count). The summed E-state index contributed by atoms with van der Waals surface area (Å²) in [7, 11) is -1.27. The van der Waals surface area contributed by atoms with Gasteiger partial charge in [-0.15, -0.1) is 0 Å². The number of H-pyrrole nitrogens is 1. The van der Waals surface area contributed by atoms with E-state index in [2.05, 4.69) is 4.98 Å². The van der Waals surface area contributed by atoms with Crippen molar-refractivity contribution in [2.45, 2.75) is 4.90 Å². The van der Waals surface area contributed by atoms with E-state index >= 15 is 0 Å². The maximum absolute atomic E-state index is 11.5. The molecular weight excluding hydrogens is 337 g/mol. The molecule has 9 heteroatoms. The van der Waals surface area contributed by atoms with Crippen LogP contribution in [0.1, 0.15) is 5.56 Å². The molecule has 0 fully saturated rings. The van der Waals surface area contributed by atoms with E-state index < -0.39 is 21.5 Å². The third kappa shape index (κ3) is 2.78. The van der Waals surface area contributed by atoms with Gasteiger partial charge in [0.1, 0.15) is 6.07 Å². The molecule has 0 aliphatic rings. The van der Waals surface area contributed by atoms with E-state index in [-0.39, 0.29) is 26.7 Å². The van der Waals surface area contributed by atoms with Gasteiger partial charge in [-0.2, -0.15) is 5.26 Å². The van der Waals surface area contributed by atoms with Gasteiger partial charge in [-0.25, -0.2) is 4.98 Å². The second kappa shape index (κ2) is 5.85. The molecule has 0 spiro atoms. The van der Waals surface area contributed by atoms with Crippen LogP contribution in [0.5, 0.6) is 0 Å². The molecule has 0 radical (unpaired) electrons. The van der Waals surface area contributed by atoms with Crippen molar-refractivity contribution in [2.75, 3.05) is 6.26 Å². The summed E-state index contributed by atoms with van der Waals surface area (Å²) in [4.78, 5) is 13.0. The highest BCUT2D eigenvalue weighted by molar-refractivity contribution is 7.84. The lowest BCUT2D eigenvalue weighted by Crippen LogP contribution is -1.92. The van der Waals surface area contributed by atoms with Crippen LogP contribution in [-0.2, 0) is 10.8 Å². The first-order valence-corrected chi connectivity index (χ1v) is 7.77. The lowest BCUT2D eigenvalue weighted by molar-refractivity contribution is -0.389. The van der Waals surface area contributed by atoms with Gasteiger partial charge in [-0.3, -0.25) is 4.21 Å². The molecule has 1 unspecified atom stereocenters. The van der Waals surface area contributed by atoms with Gasteiger partial charge in [0.2, 0.25) is 0 Å². The number of nitro groups is 1. The molecule has 0 bridgehead atoms. The molecule has 0 saturated heterocycles. The Labute approximate surface area is 131 Å². The van der Waals surface area contributed by atoms with E-state index in [9.17, 15) is 14.3 Å². The minimum atomic E-state index is -1.27. The lowest BCUT2D eigenvalue weighted by Gasteiger charge is -2.07. The molecule has 1 atom stereocenters. The van der Waals surface area contributed by atoms with Gasteiger partial charge in [0.05, 0.1) is 21.8 Å². The normalized spacial score (nSPS) is 11.9. The molecular formula is C12H7Cl2N3O3S. The smallest absolute Gasteiger partial charge is 0.339 e. The van der Waals surface area contributed by atoms with E-state index in [0.717, 1.165) is 0 Å². The molecule has 0 aliphatic carbocycles. The van der Waals surface area contributed by atoms with Crippen LogP contribution >= 0.6 is 23.2 Å². The Morgan fingerprint density at radius 3 is 2.38 bits per heavy atom. The SMILES string of the molecule is CS(=O)c1cc(Cl)c(-c2c[nH]c([N+](=O)[O-])c2C#N)c(Cl)c1. The number of hydrogen-bond acceptors (Lipinski definition) is 4. The van der Waals surface area contributed by atoms with Crippen molar-refractivity contribution in [2.24, 2.45) is 0 Å². The predicted octanol–water partition coefficient (Wildman–Crippen LogP) is 3.51. The largest absolute Gasteiger partial charge is 0.358 e. The molecule has 6 nitrogen and oxygen atoms in total. The van der Waals surface area contributed by atoms with E-state index in [0.29, 0.717) is 4.90 Å². The Morgan fingerprint density at radius 2 is 1.95 bits per heavy atom. The van der Waals surface area contributed by atoms with Crippen LogP contribution < -0.4 is 0 Å². The minimum absolute atomic E-state index is 0.158. The monoisotopic (exact) mass is 343 g/mol. The van der Waals surface area contributed by atoms with Crippen molar-refractivity contribution >= 4 is 39.8 Å². The predicted molar refractivity (Wildman–Crippen MR) is 80.0 cm³/mol. The van der Waals surface area contributed by atoms with E-state index in [1.165, 1.54) is 24.6 Å². The topological polar surface area (TPSA) is 99.8 Å². The molecule has 1 heterocycles. The van der Waals surface area contributed by atoms with Crippen molar-refractivity contribution in [1.82, 2.24) is 4.98 Å². The average Bonchev–Trinajstić information content (AvgIpc) is 2.81. The lowest BCUT2D eigenvalue weighted by atomic mass is 10.0. The molecule has 1 aromatic heterocycles.